The van der Waals surface area contributed by atoms with Crippen LogP contribution in [0.4, 0.5) is 5.69 Å². The van der Waals surface area contributed by atoms with Crippen LogP contribution in [0.25, 0.3) is 0 Å². The Bertz CT molecular complexity index is 690. The molecule has 0 spiro atoms. The minimum atomic E-state index is -4.64. The van der Waals surface area contributed by atoms with E-state index >= 15 is 0 Å². The zero-order valence-electron chi connectivity index (χ0n) is 12.9. The molecule has 7 nitrogen and oxygen atoms in total. The van der Waals surface area contributed by atoms with Crippen molar-refractivity contribution in [1.29, 1.82) is 0 Å². The van der Waals surface area contributed by atoms with Gasteiger partial charge >= 0.3 is 103 Å². The molecular weight excluding hydrogens is 384 g/mol. The van der Waals surface area contributed by atoms with Gasteiger partial charge in [-0.3, -0.25) is 10.0 Å². The van der Waals surface area contributed by atoms with Gasteiger partial charge in [-0.05, 0) is 19.1 Å². The Kier molecular flexibility index (Phi) is 10.3. The van der Waals surface area contributed by atoms with Gasteiger partial charge in [-0.15, -0.1) is 0 Å². The molecule has 0 fully saturated rings. The number of rotatable bonds is 4. The number of hydrogen-bond acceptors (Lipinski definition) is 8. The Morgan fingerprint density at radius 1 is 1.27 bits per heavy atom. The minimum absolute atomic E-state index is 0. The maximum Gasteiger partial charge on any atom is 1.00 e. The first-order chi connectivity index (χ1) is 9.19. The molecule has 1 aromatic carbocycles. The molecule has 0 saturated carbocycles. The number of benzene rings is 1. The van der Waals surface area contributed by atoms with Gasteiger partial charge in [0.15, 0.2) is 0 Å². The summed E-state index contributed by atoms with van der Waals surface area (Å²) in [5.41, 5.74) is 0.703. The van der Waals surface area contributed by atoms with E-state index in [0.29, 0.717) is 28.2 Å². The molecule has 0 aromatic heterocycles. The smallest absolute Gasteiger partial charge is 0.744 e. The fourth-order valence-corrected chi connectivity index (χ4v) is 3.36. The molecule has 0 amide bonds. The van der Waals surface area contributed by atoms with E-state index in [1.165, 1.54) is 6.07 Å². The Hall–Kier alpha value is 2.30. The van der Waals surface area contributed by atoms with Gasteiger partial charge in [0.25, 0.3) is 0 Å². The van der Waals surface area contributed by atoms with Gasteiger partial charge < -0.3 is 9.81 Å². The third kappa shape index (κ3) is 4.93. The molecule has 0 unspecified atom stereocenters. The zero-order valence-corrected chi connectivity index (χ0v) is 20.7. The molecule has 11 heteroatoms. The van der Waals surface area contributed by atoms with Gasteiger partial charge in [0.1, 0.15) is 10.1 Å². The van der Waals surface area contributed by atoms with Crippen molar-refractivity contribution in [3.63, 3.8) is 0 Å². The molecule has 0 atom stereocenters. The third-order valence-corrected chi connectivity index (χ3v) is 4.84. The van der Waals surface area contributed by atoms with Crippen LogP contribution in [0.15, 0.2) is 26.9 Å². The Morgan fingerprint density at radius 3 is 2.36 bits per heavy atom. The Balaban J connectivity index is 0.00000220. The molecule has 1 aromatic rings. The van der Waals surface area contributed by atoms with Gasteiger partial charge in [-0.1, -0.05) is 13.8 Å². The van der Waals surface area contributed by atoms with Crippen molar-refractivity contribution in [2.45, 2.75) is 36.0 Å². The summed E-state index contributed by atoms with van der Waals surface area (Å²) < 4.78 is 38.2. The molecule has 0 radical (unpaired) electrons. The van der Waals surface area contributed by atoms with E-state index in [2.05, 4.69) is 14.4 Å². The van der Waals surface area contributed by atoms with Crippen LogP contribution >= 0.6 is 12.0 Å². The van der Waals surface area contributed by atoms with Gasteiger partial charge in [-0.2, -0.15) is 4.33 Å². The van der Waals surface area contributed by atoms with Gasteiger partial charge in [0.05, 0.1) is 22.6 Å². The monoisotopic (exact) mass is 395 g/mol. The summed E-state index contributed by atoms with van der Waals surface area (Å²) in [6, 6.07) is 2.54. The predicted molar refractivity (Wildman–Crippen MR) is 68.2 cm³/mol. The van der Waals surface area contributed by atoms with Gasteiger partial charge in [-0.25, -0.2) is 8.42 Å². The summed E-state index contributed by atoms with van der Waals surface area (Å²) >= 11 is 0.645. The van der Waals surface area contributed by atoms with Crippen LogP contribution in [0, 0.1) is 0 Å². The van der Waals surface area contributed by atoms with Crippen molar-refractivity contribution in [3.05, 3.63) is 17.7 Å². The summed E-state index contributed by atoms with van der Waals surface area (Å²) in [6.45, 7) is 5.41. The van der Waals surface area contributed by atoms with E-state index < -0.39 is 15.5 Å². The van der Waals surface area contributed by atoms with Crippen LogP contribution in [0.3, 0.4) is 0 Å². The van der Waals surface area contributed by atoms with Crippen LogP contribution in [-0.2, 0) is 24.9 Å². The van der Waals surface area contributed by atoms with Crippen LogP contribution < -0.4 is 108 Å². The first kappa shape index (κ1) is 24.3. The average Bonchev–Trinajstić information content (AvgIpc) is 2.56. The molecule has 1 heterocycles. The van der Waals surface area contributed by atoms with E-state index in [4.69, 9.17) is 0 Å². The van der Waals surface area contributed by atoms with Gasteiger partial charge in [0, 0.05) is 21.6 Å². The topological polar surface area (TPSA) is 111 Å². The van der Waals surface area contributed by atoms with Crippen LogP contribution in [0.2, 0.25) is 0 Å². The second-order valence-electron chi connectivity index (χ2n) is 4.78. The van der Waals surface area contributed by atoms with E-state index in [9.17, 15) is 18.2 Å². The number of fused-ring (bicyclic) bond motifs is 1. The summed E-state index contributed by atoms with van der Waals surface area (Å²) in [5, 5.41) is 13.2. The summed E-state index contributed by atoms with van der Waals surface area (Å²) in [4.78, 5) is 4.27. The van der Waals surface area contributed by atoms with Crippen molar-refractivity contribution in [2.75, 3.05) is 0 Å². The largest absolute Gasteiger partial charge is 1.00 e. The van der Waals surface area contributed by atoms with Crippen molar-refractivity contribution >= 4 is 33.6 Å². The van der Waals surface area contributed by atoms with E-state index in [1.54, 1.807) is 6.92 Å². The summed E-state index contributed by atoms with van der Waals surface area (Å²) in [5.74, 6) is 0. The average molecular weight is 396 g/mol. The molecule has 0 bridgehead atoms. The molecule has 2 rings (SSSR count). The number of aliphatic imine (C=N–C) groups is 1. The molecule has 1 aliphatic heterocycles. The zero-order chi connectivity index (χ0) is 15.1. The van der Waals surface area contributed by atoms with E-state index in [-0.39, 0.29) is 113 Å². The molecule has 1 aliphatic rings. The maximum absolute atomic E-state index is 11.3. The number of hydrogen-bond donors (Lipinski definition) is 0. The molecule has 22 heavy (non-hydrogen) atoms. The first-order valence-electron chi connectivity index (χ1n) is 5.52. The van der Waals surface area contributed by atoms with E-state index in [1.807, 2.05) is 13.8 Å². The van der Waals surface area contributed by atoms with Crippen LogP contribution in [0.5, 0.6) is 0 Å². The fraction of sp³-hybridized carbons (Fsp3) is 0.364. The third-order valence-electron chi connectivity index (χ3n) is 3.33. The van der Waals surface area contributed by atoms with E-state index in [0.717, 1.165) is 6.07 Å². The fourth-order valence-electron chi connectivity index (χ4n) is 2.08. The second-order valence-corrected chi connectivity index (χ2v) is 6.87. The van der Waals surface area contributed by atoms with Crippen LogP contribution in [0.1, 0.15) is 26.3 Å². The standard InChI is InChI=1S/C11H13NO6S2.2K/c1-6-11(2,3)9-7(19-18-17-13)4-5-8(10(9)12-6)20(14,15)16;;/h4-5,13H,1-3H3,(H,14,15,16);;/q;2*+1/p-2. The quantitative estimate of drug-likeness (QED) is 0.165. The molecule has 0 aliphatic carbocycles. The predicted octanol–water partition coefficient (Wildman–Crippen LogP) is -4.79. The van der Waals surface area contributed by atoms with Crippen molar-refractivity contribution in [1.82, 2.24) is 0 Å². The molecular formula is C11H11K2NO6S2. The molecule has 0 N–H and O–H groups in total. The Morgan fingerprint density at radius 2 is 1.86 bits per heavy atom. The molecule has 110 valence electrons. The van der Waals surface area contributed by atoms with Crippen molar-refractivity contribution in [2.24, 2.45) is 4.99 Å². The SMILES string of the molecule is CC1=Nc2c(S(=O)(=O)[O-])ccc(SOO[O-])c2C1(C)C.[K+].[K+]. The number of nitrogens with zero attached hydrogens (tertiary/aromatic N) is 1. The minimum Gasteiger partial charge on any atom is -0.744 e. The van der Waals surface area contributed by atoms with Crippen molar-refractivity contribution < 1.29 is 130 Å². The Labute approximate surface area is 218 Å². The summed E-state index contributed by atoms with van der Waals surface area (Å²) in [6.07, 6.45) is 0. The maximum atomic E-state index is 11.3. The summed E-state index contributed by atoms with van der Waals surface area (Å²) in [7, 11) is -4.64. The molecule has 0 saturated heterocycles. The normalized spacial score (nSPS) is 15.4. The first-order valence-corrected chi connectivity index (χ1v) is 7.67. The van der Waals surface area contributed by atoms with Gasteiger partial charge in [0.2, 0.25) is 0 Å². The van der Waals surface area contributed by atoms with Crippen molar-refractivity contribution in [3.8, 4) is 0 Å². The second kappa shape index (κ2) is 9.30. The van der Waals surface area contributed by atoms with Crippen LogP contribution in [-0.4, -0.2) is 18.7 Å².